The highest BCUT2D eigenvalue weighted by molar-refractivity contribution is 7.80. The molecule has 0 fully saturated rings. The Morgan fingerprint density at radius 1 is 0.507 bits per heavy atom. The number of carbonyl (C=O) groups excluding carboxylic acids is 7. The van der Waals surface area contributed by atoms with Crippen LogP contribution in [0.2, 0.25) is 0 Å². The molecule has 3 rings (SSSR count). The normalized spacial score (nSPS) is 13.4. The van der Waals surface area contributed by atoms with Crippen LogP contribution in [0.15, 0.2) is 91.0 Å². The number of amides is 6. The van der Waals surface area contributed by atoms with Gasteiger partial charge >= 0.3 is 29.8 Å². The maximum absolute atomic E-state index is 14.9. The summed E-state index contributed by atoms with van der Waals surface area (Å²) in [4.78, 5) is 154. The molecule has 3 aromatic rings. The maximum Gasteiger partial charge on any atom is 0.374 e. The largest absolute Gasteiger partial charge is 0.481 e. The number of nitrogens with one attached hydrogen (secondary N) is 6. The number of hydrogen-bond donors (Lipinski definition) is 12. The molecule has 0 unspecified atom stereocenters. The standard InChI is InChI=1S/C45H50N6O17S/c1-23(52)46-31(21-34(55)56)40(60)49-30(20-27(43(63)64)44(65)66)41(61)51-36(35(25-13-7-3-8-14-25)26-15-9-4-10-16-26)42(62)47-28(17-18-33(53)54)38(58)48-29(19-24-11-5-2-6-12-24)39(59)50-32(22-69)37(57)45(67)68/h2-16,27-32,35-36,69H,17-22H2,1H3,(H,46,52)(H,47,62)(H,48,58)(H,49,60)(H,50,59)(H,51,61)(H,53,54)(H,55,56)(H,63,64)(H,65,66)(H,67,68)/t28-,29-,30+,31-,32-,36-/m0/s1. The third kappa shape index (κ3) is 17.5. The second kappa shape index (κ2) is 26.9. The first-order chi connectivity index (χ1) is 32.6. The van der Waals surface area contributed by atoms with Crippen molar-refractivity contribution in [1.82, 2.24) is 31.9 Å². The van der Waals surface area contributed by atoms with Gasteiger partial charge in [0.05, 0.1) is 6.42 Å². The summed E-state index contributed by atoms with van der Waals surface area (Å²) in [6, 6.07) is 12.7. The number of aliphatic carboxylic acids is 5. The minimum absolute atomic E-state index is 0.280. The summed E-state index contributed by atoms with van der Waals surface area (Å²) in [6.45, 7) is 0.944. The first kappa shape index (κ1) is 55.2. The van der Waals surface area contributed by atoms with Crippen LogP contribution in [-0.4, -0.2) is 139 Å². The molecule has 0 saturated carbocycles. The lowest BCUT2D eigenvalue weighted by molar-refractivity contribution is -0.155. The Labute approximate surface area is 398 Å². The molecule has 3 aromatic carbocycles. The van der Waals surface area contributed by atoms with Crippen molar-refractivity contribution < 1.29 is 83.1 Å². The van der Waals surface area contributed by atoms with Gasteiger partial charge in [-0.15, -0.1) is 0 Å². The molecule has 23 nitrogen and oxygen atoms in total. The molecule has 0 aliphatic rings. The second-order valence-corrected chi connectivity index (χ2v) is 15.7. The third-order valence-corrected chi connectivity index (χ3v) is 10.6. The lowest BCUT2D eigenvalue weighted by Crippen LogP contribution is -2.61. The lowest BCUT2D eigenvalue weighted by atomic mass is 9.84. The van der Waals surface area contributed by atoms with Crippen LogP contribution in [0.4, 0.5) is 0 Å². The van der Waals surface area contributed by atoms with Crippen molar-refractivity contribution in [3.8, 4) is 0 Å². The zero-order valence-electron chi connectivity index (χ0n) is 36.6. The quantitative estimate of drug-likeness (QED) is 0.0238. The highest BCUT2D eigenvalue weighted by atomic mass is 32.1. The predicted octanol–water partition coefficient (Wildman–Crippen LogP) is -0.912. The van der Waals surface area contributed by atoms with Crippen molar-refractivity contribution in [2.45, 2.75) is 81.2 Å². The lowest BCUT2D eigenvalue weighted by Gasteiger charge is -2.32. The molecule has 0 aliphatic heterocycles. The summed E-state index contributed by atoms with van der Waals surface area (Å²) in [5, 5.41) is 61.5. The molecule has 0 aliphatic carbocycles. The van der Waals surface area contributed by atoms with E-state index in [0.29, 0.717) is 16.7 Å². The molecule has 6 atom stereocenters. The first-order valence-electron chi connectivity index (χ1n) is 20.8. The Kier molecular flexibility index (Phi) is 21.5. The molecule has 0 heterocycles. The summed E-state index contributed by atoms with van der Waals surface area (Å²) in [5.74, 6) is -21.5. The predicted molar refractivity (Wildman–Crippen MR) is 241 cm³/mol. The minimum atomic E-state index is -2.39. The molecule has 24 heteroatoms. The van der Waals surface area contributed by atoms with Gasteiger partial charge in [-0.3, -0.25) is 52.7 Å². The smallest absolute Gasteiger partial charge is 0.374 e. The van der Waals surface area contributed by atoms with Gasteiger partial charge in [0.25, 0.3) is 5.78 Å². The molecular weight excluding hydrogens is 929 g/mol. The van der Waals surface area contributed by atoms with Crippen molar-refractivity contribution in [1.29, 1.82) is 0 Å². The monoisotopic (exact) mass is 978 g/mol. The molecule has 368 valence electrons. The third-order valence-electron chi connectivity index (χ3n) is 10.2. The van der Waals surface area contributed by atoms with E-state index in [9.17, 15) is 83.1 Å². The van der Waals surface area contributed by atoms with Gasteiger partial charge in [-0.05, 0) is 23.1 Å². The van der Waals surface area contributed by atoms with Crippen LogP contribution in [0.25, 0.3) is 0 Å². The van der Waals surface area contributed by atoms with Gasteiger partial charge in [0.2, 0.25) is 35.4 Å². The van der Waals surface area contributed by atoms with Gasteiger partial charge in [0.1, 0.15) is 36.3 Å². The SMILES string of the molecule is CC(=O)N[C@@H](CC(=O)O)C(=O)N[C@H](CC(C(=O)O)C(=O)O)C(=O)N[C@H](C(=O)N[C@@H](CCC(=O)O)C(=O)N[C@@H](Cc1ccccc1)C(=O)N[C@@H](CS)C(=O)C(=O)O)C(c1ccccc1)c1ccccc1. The van der Waals surface area contributed by atoms with E-state index >= 15 is 0 Å². The number of Topliss-reactive ketones (excluding diaryl/α,β-unsaturated/α-hetero) is 1. The number of carboxylic acids is 5. The van der Waals surface area contributed by atoms with E-state index in [1.165, 1.54) is 0 Å². The Bertz CT molecular complexity index is 2300. The van der Waals surface area contributed by atoms with E-state index in [1.54, 1.807) is 91.0 Å². The Morgan fingerprint density at radius 2 is 0.957 bits per heavy atom. The van der Waals surface area contributed by atoms with Gasteiger partial charge in [-0.1, -0.05) is 91.0 Å². The highest BCUT2D eigenvalue weighted by Gasteiger charge is 2.40. The average molecular weight is 979 g/mol. The van der Waals surface area contributed by atoms with E-state index in [0.717, 1.165) is 6.92 Å². The summed E-state index contributed by atoms with van der Waals surface area (Å²) in [6.07, 6.45) is -3.95. The van der Waals surface area contributed by atoms with Crippen LogP contribution in [0, 0.1) is 5.92 Å². The Morgan fingerprint density at radius 3 is 1.42 bits per heavy atom. The fraction of sp³-hybridized carbons (Fsp3) is 0.333. The van der Waals surface area contributed by atoms with E-state index in [4.69, 9.17) is 0 Å². The van der Waals surface area contributed by atoms with E-state index in [2.05, 4.69) is 44.5 Å². The molecule has 0 saturated heterocycles. The Balaban J connectivity index is 2.19. The molecule has 0 bridgehead atoms. The van der Waals surface area contributed by atoms with E-state index < -0.39 is 151 Å². The number of carboxylic acid groups (broad SMARTS) is 5. The fourth-order valence-corrected chi connectivity index (χ4v) is 7.13. The number of ketones is 1. The fourth-order valence-electron chi connectivity index (χ4n) is 6.87. The van der Waals surface area contributed by atoms with E-state index in [1.807, 2.05) is 0 Å². The molecule has 11 N–H and O–H groups in total. The Hall–Kier alpha value is -8.15. The van der Waals surface area contributed by atoms with Crippen molar-refractivity contribution in [2.75, 3.05) is 5.75 Å². The highest BCUT2D eigenvalue weighted by Crippen LogP contribution is 2.29. The van der Waals surface area contributed by atoms with Gasteiger partial charge in [-0.2, -0.15) is 12.6 Å². The first-order valence-corrected chi connectivity index (χ1v) is 21.5. The molecule has 0 radical (unpaired) electrons. The van der Waals surface area contributed by atoms with Gasteiger partial charge in [0, 0.05) is 37.9 Å². The number of hydrogen-bond acceptors (Lipinski definition) is 13. The van der Waals surface area contributed by atoms with Gasteiger partial charge in [-0.25, -0.2) is 4.79 Å². The number of thiol groups is 1. The van der Waals surface area contributed by atoms with Crippen molar-refractivity contribution >= 4 is 83.7 Å². The van der Waals surface area contributed by atoms with Gasteiger partial charge < -0.3 is 57.4 Å². The molecule has 0 spiro atoms. The van der Waals surface area contributed by atoms with Crippen LogP contribution in [0.3, 0.4) is 0 Å². The minimum Gasteiger partial charge on any atom is -0.481 e. The molecular formula is C45H50N6O17S. The number of benzene rings is 3. The van der Waals surface area contributed by atoms with Crippen LogP contribution < -0.4 is 31.9 Å². The summed E-state index contributed by atoms with van der Waals surface area (Å²) in [5.41, 5.74) is 1.10. The zero-order chi connectivity index (χ0) is 51.4. The summed E-state index contributed by atoms with van der Waals surface area (Å²) in [7, 11) is 0. The second-order valence-electron chi connectivity index (χ2n) is 15.3. The summed E-state index contributed by atoms with van der Waals surface area (Å²) >= 11 is 3.96. The van der Waals surface area contributed by atoms with Crippen molar-refractivity contribution in [3.63, 3.8) is 0 Å². The molecule has 0 aromatic heterocycles. The zero-order valence-corrected chi connectivity index (χ0v) is 37.5. The van der Waals surface area contributed by atoms with Crippen molar-refractivity contribution in [2.24, 2.45) is 5.92 Å². The van der Waals surface area contributed by atoms with Crippen LogP contribution in [0.5, 0.6) is 0 Å². The van der Waals surface area contributed by atoms with E-state index in [-0.39, 0.29) is 6.42 Å². The molecule has 69 heavy (non-hydrogen) atoms. The van der Waals surface area contributed by atoms with Gasteiger partial charge in [0.15, 0.2) is 5.92 Å². The van der Waals surface area contributed by atoms with Crippen LogP contribution in [-0.2, 0) is 64.0 Å². The average Bonchev–Trinajstić information content (AvgIpc) is 3.29. The molecule has 6 amide bonds. The summed E-state index contributed by atoms with van der Waals surface area (Å²) < 4.78 is 0. The van der Waals surface area contributed by atoms with Crippen LogP contribution >= 0.6 is 12.6 Å². The number of rotatable bonds is 28. The number of carbonyl (C=O) groups is 12. The maximum atomic E-state index is 14.9. The van der Waals surface area contributed by atoms with Crippen molar-refractivity contribution in [3.05, 3.63) is 108 Å². The van der Waals surface area contributed by atoms with Crippen LogP contribution in [0.1, 0.15) is 55.2 Å². The topological polar surface area (TPSA) is 378 Å².